The molecule has 1 amide bonds. The van der Waals surface area contributed by atoms with Crippen molar-refractivity contribution in [3.63, 3.8) is 0 Å². The predicted molar refractivity (Wildman–Crippen MR) is 111 cm³/mol. The van der Waals surface area contributed by atoms with Gasteiger partial charge in [0.25, 0.3) is 5.91 Å². The molecule has 1 unspecified atom stereocenters. The summed E-state index contributed by atoms with van der Waals surface area (Å²) >= 11 is 5.31. The average molecular weight is 403 g/mol. The first-order valence-corrected chi connectivity index (χ1v) is 9.89. The van der Waals surface area contributed by atoms with Crippen LogP contribution < -0.4 is 10.6 Å². The number of aromatic nitrogens is 2. The highest BCUT2D eigenvalue weighted by atomic mass is 32.1. The summed E-state index contributed by atoms with van der Waals surface area (Å²) in [6, 6.07) is 11.5. The van der Waals surface area contributed by atoms with Gasteiger partial charge in [0, 0.05) is 20.0 Å². The summed E-state index contributed by atoms with van der Waals surface area (Å²) in [5, 5.41) is 10.4. The van der Waals surface area contributed by atoms with E-state index in [0.29, 0.717) is 42.6 Å². The number of hydrogen-bond donors (Lipinski definition) is 2. The van der Waals surface area contributed by atoms with Crippen molar-refractivity contribution >= 4 is 23.1 Å². The Balaban J connectivity index is 1.74. The SMILES string of the molecule is CNC(=S)c1cc(C(=O)NCCC2OCCCO2)n(C(C)c2ccccc2)n1. The van der Waals surface area contributed by atoms with Crippen LogP contribution in [0.1, 0.15) is 47.6 Å². The van der Waals surface area contributed by atoms with Crippen molar-refractivity contribution in [3.05, 3.63) is 53.3 Å². The summed E-state index contributed by atoms with van der Waals surface area (Å²) in [5.41, 5.74) is 2.10. The lowest BCUT2D eigenvalue weighted by atomic mass is 10.1. The molecule has 1 saturated heterocycles. The van der Waals surface area contributed by atoms with Crippen molar-refractivity contribution in [1.82, 2.24) is 20.4 Å². The largest absolute Gasteiger partial charge is 0.378 e. The molecular weight excluding hydrogens is 376 g/mol. The molecule has 2 aromatic rings. The van der Waals surface area contributed by atoms with E-state index in [2.05, 4.69) is 15.7 Å². The van der Waals surface area contributed by atoms with E-state index in [9.17, 15) is 4.79 Å². The Hall–Kier alpha value is -2.29. The van der Waals surface area contributed by atoms with E-state index >= 15 is 0 Å². The molecule has 1 aromatic carbocycles. The fraction of sp³-hybridized carbons (Fsp3) is 0.450. The minimum absolute atomic E-state index is 0.111. The maximum absolute atomic E-state index is 12.8. The zero-order chi connectivity index (χ0) is 19.9. The predicted octanol–water partition coefficient (Wildman–Crippen LogP) is 2.27. The molecule has 0 spiro atoms. The van der Waals surface area contributed by atoms with Gasteiger partial charge >= 0.3 is 0 Å². The average Bonchev–Trinajstić information content (AvgIpc) is 3.19. The summed E-state index contributed by atoms with van der Waals surface area (Å²) in [6.45, 7) is 3.87. The van der Waals surface area contributed by atoms with Crippen molar-refractivity contribution < 1.29 is 14.3 Å². The third-order valence-electron chi connectivity index (χ3n) is 4.64. The number of rotatable bonds is 7. The molecule has 0 radical (unpaired) electrons. The third-order valence-corrected chi connectivity index (χ3v) is 5.05. The zero-order valence-electron chi connectivity index (χ0n) is 16.2. The van der Waals surface area contributed by atoms with Crippen LogP contribution in [0.4, 0.5) is 0 Å². The van der Waals surface area contributed by atoms with E-state index in [0.717, 1.165) is 12.0 Å². The van der Waals surface area contributed by atoms with Crippen LogP contribution in [0.5, 0.6) is 0 Å². The molecule has 1 aliphatic heterocycles. The Morgan fingerprint density at radius 1 is 1.32 bits per heavy atom. The van der Waals surface area contributed by atoms with Gasteiger partial charge in [0.2, 0.25) is 0 Å². The lowest BCUT2D eigenvalue weighted by Crippen LogP contribution is -2.33. The Labute approximate surface area is 170 Å². The molecule has 2 N–H and O–H groups in total. The van der Waals surface area contributed by atoms with Gasteiger partial charge < -0.3 is 20.1 Å². The second-order valence-electron chi connectivity index (χ2n) is 6.59. The van der Waals surface area contributed by atoms with Gasteiger partial charge in [0.15, 0.2) is 6.29 Å². The summed E-state index contributed by atoms with van der Waals surface area (Å²) in [7, 11) is 1.74. The van der Waals surface area contributed by atoms with Crippen LogP contribution in [0.15, 0.2) is 36.4 Å². The number of benzene rings is 1. The van der Waals surface area contributed by atoms with Crippen molar-refractivity contribution in [1.29, 1.82) is 0 Å². The molecule has 2 heterocycles. The molecule has 7 nitrogen and oxygen atoms in total. The Morgan fingerprint density at radius 2 is 2.04 bits per heavy atom. The fourth-order valence-corrected chi connectivity index (χ4v) is 3.17. The number of ether oxygens (including phenoxy) is 2. The summed E-state index contributed by atoms with van der Waals surface area (Å²) in [5.74, 6) is -0.198. The lowest BCUT2D eigenvalue weighted by Gasteiger charge is -2.23. The van der Waals surface area contributed by atoms with E-state index in [1.165, 1.54) is 0 Å². The first-order chi connectivity index (χ1) is 13.6. The van der Waals surface area contributed by atoms with Crippen LogP contribution in [-0.2, 0) is 9.47 Å². The molecule has 0 bridgehead atoms. The summed E-state index contributed by atoms with van der Waals surface area (Å²) < 4.78 is 12.8. The zero-order valence-corrected chi connectivity index (χ0v) is 17.0. The molecule has 1 atom stereocenters. The summed E-state index contributed by atoms with van der Waals surface area (Å²) in [6.07, 6.45) is 1.26. The van der Waals surface area contributed by atoms with Gasteiger partial charge in [0.1, 0.15) is 16.4 Å². The minimum Gasteiger partial charge on any atom is -0.378 e. The Kier molecular flexibility index (Phi) is 7.13. The van der Waals surface area contributed by atoms with Crippen molar-refractivity contribution in [2.24, 2.45) is 0 Å². The number of thiocarbonyl (C=S) groups is 1. The molecule has 8 heteroatoms. The smallest absolute Gasteiger partial charge is 0.269 e. The van der Waals surface area contributed by atoms with E-state index in [-0.39, 0.29) is 18.2 Å². The lowest BCUT2D eigenvalue weighted by molar-refractivity contribution is -0.180. The minimum atomic E-state index is -0.255. The standard InChI is InChI=1S/C20H26N4O3S/c1-14(15-7-4-3-5-8-15)24-17(13-16(23-24)20(28)21-2)19(25)22-10-9-18-26-11-6-12-27-18/h3-5,7-8,13-14,18H,6,9-12H2,1-2H3,(H,21,28)(H,22,25). The maximum Gasteiger partial charge on any atom is 0.269 e. The number of amides is 1. The molecule has 3 rings (SSSR count). The number of carbonyl (C=O) groups excluding carboxylic acids is 1. The number of hydrogen-bond acceptors (Lipinski definition) is 5. The first-order valence-electron chi connectivity index (χ1n) is 9.48. The molecule has 1 aliphatic rings. The van der Waals surface area contributed by atoms with Crippen molar-refractivity contribution in [2.75, 3.05) is 26.8 Å². The number of nitrogens with one attached hydrogen (secondary N) is 2. The van der Waals surface area contributed by atoms with E-state index in [1.807, 2.05) is 37.3 Å². The number of carbonyl (C=O) groups is 1. The Bertz CT molecular complexity index is 803. The van der Waals surface area contributed by atoms with Gasteiger partial charge in [-0.3, -0.25) is 9.48 Å². The van der Waals surface area contributed by atoms with Crippen LogP contribution in [0.2, 0.25) is 0 Å². The first kappa shape index (κ1) is 20.4. The molecular formula is C20H26N4O3S. The van der Waals surface area contributed by atoms with E-state index < -0.39 is 0 Å². The van der Waals surface area contributed by atoms with Gasteiger partial charge in [-0.1, -0.05) is 42.5 Å². The number of nitrogens with zero attached hydrogens (tertiary/aromatic N) is 2. The molecule has 1 fully saturated rings. The second-order valence-corrected chi connectivity index (χ2v) is 7.00. The summed E-state index contributed by atoms with van der Waals surface area (Å²) in [4.78, 5) is 13.3. The van der Waals surface area contributed by atoms with Crippen molar-refractivity contribution in [2.45, 2.75) is 32.1 Å². The highest BCUT2D eigenvalue weighted by Gasteiger charge is 2.22. The third kappa shape index (κ3) is 4.95. The van der Waals surface area contributed by atoms with Crippen LogP contribution in [0.3, 0.4) is 0 Å². The van der Waals surface area contributed by atoms with Gasteiger partial charge in [-0.15, -0.1) is 0 Å². The van der Waals surface area contributed by atoms with E-state index in [1.54, 1.807) is 17.8 Å². The molecule has 0 aliphatic carbocycles. The van der Waals surface area contributed by atoms with Crippen LogP contribution in [-0.4, -0.2) is 53.8 Å². The Morgan fingerprint density at radius 3 is 2.71 bits per heavy atom. The van der Waals surface area contributed by atoms with E-state index in [4.69, 9.17) is 21.7 Å². The van der Waals surface area contributed by atoms with Gasteiger partial charge in [-0.05, 0) is 25.0 Å². The topological polar surface area (TPSA) is 77.4 Å². The molecule has 0 saturated carbocycles. The van der Waals surface area contributed by atoms with Crippen LogP contribution in [0, 0.1) is 0 Å². The van der Waals surface area contributed by atoms with Crippen LogP contribution in [0.25, 0.3) is 0 Å². The monoisotopic (exact) mass is 402 g/mol. The fourth-order valence-electron chi connectivity index (χ4n) is 3.07. The highest BCUT2D eigenvalue weighted by Crippen LogP contribution is 2.20. The van der Waals surface area contributed by atoms with Crippen LogP contribution >= 0.6 is 12.2 Å². The highest BCUT2D eigenvalue weighted by molar-refractivity contribution is 7.80. The molecule has 28 heavy (non-hydrogen) atoms. The maximum atomic E-state index is 12.8. The van der Waals surface area contributed by atoms with Crippen molar-refractivity contribution in [3.8, 4) is 0 Å². The molecule has 150 valence electrons. The quantitative estimate of drug-likeness (QED) is 0.692. The van der Waals surface area contributed by atoms with Gasteiger partial charge in [-0.2, -0.15) is 5.10 Å². The van der Waals surface area contributed by atoms with Gasteiger partial charge in [-0.25, -0.2) is 0 Å². The van der Waals surface area contributed by atoms with Gasteiger partial charge in [0.05, 0.1) is 19.3 Å². The second kappa shape index (κ2) is 9.77. The molecule has 1 aromatic heterocycles. The normalized spacial score (nSPS) is 15.8.